The van der Waals surface area contributed by atoms with Crippen molar-refractivity contribution in [3.8, 4) is 11.1 Å². The van der Waals surface area contributed by atoms with E-state index in [2.05, 4.69) is 25.9 Å². The van der Waals surface area contributed by atoms with Crippen molar-refractivity contribution in [1.29, 1.82) is 0 Å². The van der Waals surface area contributed by atoms with Crippen LogP contribution in [0.15, 0.2) is 70.4 Å². The second-order valence-corrected chi connectivity index (χ2v) is 15.2. The molecule has 264 valence electrons. The Balaban J connectivity index is 1.23. The van der Waals surface area contributed by atoms with E-state index >= 15 is 0 Å². The zero-order valence-corrected chi connectivity index (χ0v) is 28.6. The van der Waals surface area contributed by atoms with Crippen LogP contribution in [0.2, 0.25) is 0 Å². The number of H-pyrrole nitrogens is 2. The summed E-state index contributed by atoms with van der Waals surface area (Å²) < 4.78 is 28.2. The van der Waals surface area contributed by atoms with E-state index < -0.39 is 28.1 Å². The number of hydrogen-bond donors (Lipinski definition) is 6. The van der Waals surface area contributed by atoms with Crippen LogP contribution in [-0.4, -0.2) is 71.4 Å². The summed E-state index contributed by atoms with van der Waals surface area (Å²) >= 11 is 0. The van der Waals surface area contributed by atoms with Gasteiger partial charge in [0.1, 0.15) is 6.04 Å². The molecule has 1 saturated heterocycles. The molecule has 6 rings (SSSR count). The number of carbonyl (C=O) groups excluding carboxylic acids is 2. The lowest BCUT2D eigenvalue weighted by molar-refractivity contribution is -0.130. The molecular formula is C36H42N6O7S. The van der Waals surface area contributed by atoms with Gasteiger partial charge in [0.25, 0.3) is 0 Å². The summed E-state index contributed by atoms with van der Waals surface area (Å²) in [6.07, 6.45) is 3.32. The van der Waals surface area contributed by atoms with Crippen LogP contribution in [0.25, 0.3) is 22.2 Å². The average Bonchev–Trinajstić information content (AvgIpc) is 3.77. The van der Waals surface area contributed by atoms with Gasteiger partial charge in [-0.05, 0) is 104 Å². The number of fused-ring (bicyclic) bond motifs is 1. The van der Waals surface area contributed by atoms with Crippen molar-refractivity contribution < 1.29 is 27.9 Å². The summed E-state index contributed by atoms with van der Waals surface area (Å²) in [5.74, 6) is -0.844. The van der Waals surface area contributed by atoms with E-state index in [4.69, 9.17) is 5.11 Å². The number of amides is 3. The molecule has 1 aliphatic carbocycles. The summed E-state index contributed by atoms with van der Waals surface area (Å²) in [4.78, 5) is 55.7. The van der Waals surface area contributed by atoms with Crippen LogP contribution in [0.4, 0.5) is 10.5 Å². The van der Waals surface area contributed by atoms with E-state index in [1.54, 1.807) is 30.3 Å². The van der Waals surface area contributed by atoms with Crippen LogP contribution in [0.3, 0.4) is 0 Å². The molecule has 2 aliphatic rings. The summed E-state index contributed by atoms with van der Waals surface area (Å²) in [6.45, 7) is 3.28. The minimum atomic E-state index is -3.62. The fourth-order valence-electron chi connectivity index (χ4n) is 6.95. The molecule has 6 N–H and O–H groups in total. The lowest BCUT2D eigenvalue weighted by atomic mass is 9.81. The minimum absolute atomic E-state index is 0.152. The Morgan fingerprint density at radius 1 is 0.940 bits per heavy atom. The number of hydrogen-bond acceptors (Lipinski definition) is 6. The summed E-state index contributed by atoms with van der Waals surface area (Å²) in [5, 5.41) is 17.2. The third-order valence-corrected chi connectivity index (χ3v) is 11.7. The van der Waals surface area contributed by atoms with E-state index in [0.29, 0.717) is 62.0 Å². The highest BCUT2D eigenvalue weighted by Crippen LogP contribution is 2.31. The summed E-state index contributed by atoms with van der Waals surface area (Å²) in [7, 11) is -3.62. The molecule has 0 spiro atoms. The molecule has 3 amide bonds. The first-order valence-corrected chi connectivity index (χ1v) is 18.4. The van der Waals surface area contributed by atoms with Crippen molar-refractivity contribution in [3.05, 3.63) is 82.3 Å². The zero-order valence-electron chi connectivity index (χ0n) is 27.8. The van der Waals surface area contributed by atoms with Crippen molar-refractivity contribution in [3.63, 3.8) is 0 Å². The highest BCUT2D eigenvalue weighted by atomic mass is 32.2. The second-order valence-electron chi connectivity index (χ2n) is 13.3. The van der Waals surface area contributed by atoms with Crippen LogP contribution < -0.4 is 21.6 Å². The van der Waals surface area contributed by atoms with Gasteiger partial charge in [0.2, 0.25) is 21.8 Å². The van der Waals surface area contributed by atoms with Gasteiger partial charge in [-0.15, -0.1) is 0 Å². The molecule has 13 nitrogen and oxygen atoms in total. The van der Waals surface area contributed by atoms with Crippen LogP contribution in [0.5, 0.6) is 0 Å². The molecule has 4 aromatic rings. The first-order chi connectivity index (χ1) is 24.0. The number of imidazole rings is 1. The third kappa shape index (κ3) is 8.08. The zero-order chi connectivity index (χ0) is 35.4. The number of aryl methyl sites for hydroxylation is 1. The lowest BCUT2D eigenvalue weighted by Crippen LogP contribution is -2.48. The largest absolute Gasteiger partial charge is 0.465 e. The second kappa shape index (κ2) is 14.9. The number of rotatable bonds is 11. The Labute approximate surface area is 289 Å². The Morgan fingerprint density at radius 2 is 1.68 bits per heavy atom. The van der Waals surface area contributed by atoms with Gasteiger partial charge in [-0.25, -0.2) is 18.0 Å². The molecule has 0 bridgehead atoms. The van der Waals surface area contributed by atoms with Crippen LogP contribution in [-0.2, 0) is 26.0 Å². The Bertz CT molecular complexity index is 2060. The first kappa shape index (κ1) is 34.9. The number of sulfonamides is 1. The molecule has 1 saturated carbocycles. The smallest absolute Gasteiger partial charge is 0.404 e. The molecule has 0 radical (unpaired) electrons. The quantitative estimate of drug-likeness (QED) is 0.134. The Kier molecular flexibility index (Phi) is 10.4. The van der Waals surface area contributed by atoms with E-state index in [-0.39, 0.29) is 34.7 Å². The van der Waals surface area contributed by atoms with Gasteiger partial charge in [-0.1, -0.05) is 30.3 Å². The number of benzene rings is 3. The number of aromatic amines is 2. The molecule has 2 heterocycles. The van der Waals surface area contributed by atoms with E-state index in [0.717, 1.165) is 35.1 Å². The number of nitrogens with one attached hydrogen (secondary N) is 5. The SMILES string of the molecule is Cc1ccc(S(=O)(=O)N2CCCC2)cc1-c1cccc(C[C@H](NC(=O)[C@H]2CC[C@H](CNC(=O)O)CC2)C(=O)Nc2ccc3[nH]c(=O)[nH]c3c2)c1. The van der Waals surface area contributed by atoms with Gasteiger partial charge in [0.05, 0.1) is 15.9 Å². The highest BCUT2D eigenvalue weighted by molar-refractivity contribution is 7.89. The van der Waals surface area contributed by atoms with Crippen molar-refractivity contribution in [1.82, 2.24) is 24.9 Å². The normalized spacial score (nSPS) is 18.8. The van der Waals surface area contributed by atoms with Crippen LogP contribution in [0, 0.1) is 18.8 Å². The molecule has 1 aromatic heterocycles. The number of anilines is 1. The molecule has 14 heteroatoms. The van der Waals surface area contributed by atoms with Gasteiger partial charge in [0.15, 0.2) is 0 Å². The molecule has 50 heavy (non-hydrogen) atoms. The van der Waals surface area contributed by atoms with Gasteiger partial charge in [-0.3, -0.25) is 9.59 Å². The van der Waals surface area contributed by atoms with Crippen LogP contribution in [0.1, 0.15) is 49.7 Å². The molecule has 2 fully saturated rings. The standard InChI is InChI=1S/C36H42N6O7S/c1-22-7-13-28(50(48,49)42-15-2-3-16-42)20-29(22)26-6-4-5-24(17-26)18-32(34(44)38-27-12-14-30-31(19-27)41-35(45)40-30)39-33(43)25-10-8-23(9-11-25)21-37-36(46)47/h4-7,12-14,17,19-20,23,25,32,37H,2-3,8-11,15-16,18,21H2,1H3,(H,38,44)(H,39,43)(H,46,47)(H2,40,41,45)/t23-,25-,32-/m0/s1. The molecular weight excluding hydrogens is 660 g/mol. The first-order valence-electron chi connectivity index (χ1n) is 17.0. The maximum Gasteiger partial charge on any atom is 0.404 e. The van der Waals surface area contributed by atoms with E-state index in [1.807, 2.05) is 37.3 Å². The summed E-state index contributed by atoms with van der Waals surface area (Å²) in [6, 6.07) is 16.7. The number of aromatic nitrogens is 2. The van der Waals surface area contributed by atoms with Crippen molar-refractivity contribution in [2.45, 2.75) is 62.8 Å². The van der Waals surface area contributed by atoms with E-state index in [9.17, 15) is 27.6 Å². The number of carbonyl (C=O) groups is 3. The lowest BCUT2D eigenvalue weighted by Gasteiger charge is -2.29. The van der Waals surface area contributed by atoms with Crippen molar-refractivity contribution >= 4 is 44.7 Å². The van der Waals surface area contributed by atoms with Crippen molar-refractivity contribution in [2.24, 2.45) is 11.8 Å². The number of carboxylic acid groups (broad SMARTS) is 1. The fraction of sp³-hybridized carbons (Fsp3) is 0.389. The fourth-order valence-corrected chi connectivity index (χ4v) is 8.49. The average molecular weight is 703 g/mol. The molecule has 1 atom stereocenters. The molecule has 0 unspecified atom stereocenters. The summed E-state index contributed by atoms with van der Waals surface area (Å²) in [5.41, 5.74) is 4.43. The maximum absolute atomic E-state index is 13.8. The van der Waals surface area contributed by atoms with Gasteiger partial charge in [0, 0.05) is 37.7 Å². The number of nitrogens with zero attached hydrogens (tertiary/aromatic N) is 1. The van der Waals surface area contributed by atoms with E-state index in [1.165, 1.54) is 4.31 Å². The van der Waals surface area contributed by atoms with Gasteiger partial charge in [-0.2, -0.15) is 4.31 Å². The maximum atomic E-state index is 13.8. The minimum Gasteiger partial charge on any atom is -0.465 e. The highest BCUT2D eigenvalue weighted by Gasteiger charge is 2.31. The molecule has 3 aromatic carbocycles. The third-order valence-electron chi connectivity index (χ3n) is 9.77. The Morgan fingerprint density at radius 3 is 2.42 bits per heavy atom. The predicted molar refractivity (Wildman–Crippen MR) is 189 cm³/mol. The monoisotopic (exact) mass is 702 g/mol. The molecule has 1 aliphatic heterocycles. The Hall–Kier alpha value is -4.95. The topological polar surface area (TPSA) is 194 Å². The van der Waals surface area contributed by atoms with Gasteiger partial charge >= 0.3 is 11.8 Å². The van der Waals surface area contributed by atoms with Gasteiger partial charge < -0.3 is 31.0 Å². The van der Waals surface area contributed by atoms with Crippen molar-refractivity contribution in [2.75, 3.05) is 25.0 Å². The van der Waals surface area contributed by atoms with Crippen LogP contribution >= 0.6 is 0 Å². The predicted octanol–water partition coefficient (Wildman–Crippen LogP) is 4.36.